The Bertz CT molecular complexity index is 1640. The van der Waals surface area contributed by atoms with Gasteiger partial charge in [-0.15, -0.1) is 0 Å². The number of aromatic nitrogens is 2. The summed E-state index contributed by atoms with van der Waals surface area (Å²) in [6, 6.07) is 17.2. The first-order valence-electron chi connectivity index (χ1n) is 15.9. The van der Waals surface area contributed by atoms with Crippen molar-refractivity contribution in [1.82, 2.24) is 14.9 Å². The van der Waals surface area contributed by atoms with Crippen LogP contribution >= 0.6 is 0 Å². The third kappa shape index (κ3) is 8.88. The van der Waals surface area contributed by atoms with Gasteiger partial charge in [-0.1, -0.05) is 24.6 Å². The van der Waals surface area contributed by atoms with Gasteiger partial charge in [0.1, 0.15) is 23.1 Å². The van der Waals surface area contributed by atoms with Gasteiger partial charge in [-0.2, -0.15) is 4.98 Å². The van der Waals surface area contributed by atoms with Gasteiger partial charge in [0.25, 0.3) is 0 Å². The van der Waals surface area contributed by atoms with E-state index in [9.17, 15) is 9.18 Å². The van der Waals surface area contributed by atoms with Gasteiger partial charge in [0.15, 0.2) is 11.6 Å². The van der Waals surface area contributed by atoms with Gasteiger partial charge in [0, 0.05) is 30.1 Å². The number of nitrogens with one attached hydrogen (secondary N) is 1. The number of anilines is 3. The predicted octanol–water partition coefficient (Wildman–Crippen LogP) is 7.45. The number of aryl methyl sites for hydroxylation is 2. The van der Waals surface area contributed by atoms with E-state index in [1.807, 2.05) is 32.0 Å². The normalized spacial score (nSPS) is 13.1. The van der Waals surface area contributed by atoms with Gasteiger partial charge in [-0.3, -0.25) is 4.90 Å². The maximum atomic E-state index is 15.0. The zero-order valence-corrected chi connectivity index (χ0v) is 27.4. The summed E-state index contributed by atoms with van der Waals surface area (Å²) < 4.78 is 37.6. The van der Waals surface area contributed by atoms with Crippen LogP contribution in [0.1, 0.15) is 42.4 Å². The molecule has 0 spiro atoms. The number of ether oxygens (including phenoxy) is 4. The molecule has 0 bridgehead atoms. The SMILES string of the molecule is COc1ccc(OC)c(CN(C(=O)Oc2c(C)cccc2C)c2ccnc(Nc3ccc(OCCCN4CCCCC4)c(F)c3)n2)c1. The molecule has 1 aliphatic rings. The van der Waals surface area contributed by atoms with Crippen molar-refractivity contribution in [2.24, 2.45) is 0 Å². The Morgan fingerprint density at radius 2 is 1.72 bits per heavy atom. The Balaban J connectivity index is 1.33. The molecule has 0 radical (unpaired) electrons. The fourth-order valence-corrected chi connectivity index (χ4v) is 5.56. The quantitative estimate of drug-likeness (QED) is 0.149. The first-order chi connectivity index (χ1) is 22.8. The average molecular weight is 644 g/mol. The average Bonchev–Trinajstić information content (AvgIpc) is 3.08. The lowest BCUT2D eigenvalue weighted by molar-refractivity contribution is 0.203. The van der Waals surface area contributed by atoms with E-state index in [1.165, 1.54) is 36.4 Å². The van der Waals surface area contributed by atoms with Crippen LogP contribution in [0.5, 0.6) is 23.0 Å². The first-order valence-corrected chi connectivity index (χ1v) is 15.9. The van der Waals surface area contributed by atoms with Gasteiger partial charge in [0.05, 0.1) is 27.4 Å². The molecule has 1 fully saturated rings. The molecule has 3 aromatic carbocycles. The number of hydrogen-bond acceptors (Lipinski definition) is 9. The Morgan fingerprint density at radius 3 is 2.45 bits per heavy atom. The number of methoxy groups -OCH3 is 2. The number of halogens is 1. The largest absolute Gasteiger partial charge is 0.497 e. The number of carbonyl (C=O) groups is 1. The van der Waals surface area contributed by atoms with Crippen LogP contribution in [0.15, 0.2) is 66.9 Å². The first kappa shape index (κ1) is 33.5. The Morgan fingerprint density at radius 1 is 0.957 bits per heavy atom. The molecule has 0 atom stereocenters. The van der Waals surface area contributed by atoms with Crippen molar-refractivity contribution in [2.45, 2.75) is 46.1 Å². The standard InChI is InChI=1S/C36H42FN5O5/c1-25-10-8-11-26(2)34(25)47-36(43)42(24-27-22-29(44-3)13-15-31(27)45-4)33-16-17-38-35(40-33)39-28-12-14-32(30(37)23-28)46-21-9-20-41-18-6-5-7-19-41/h8,10-17,22-23H,5-7,9,18-21,24H2,1-4H3,(H,38,39,40). The molecular formula is C36H42FN5O5. The molecule has 1 aliphatic heterocycles. The van der Waals surface area contributed by atoms with Crippen LogP contribution < -0.4 is 29.2 Å². The van der Waals surface area contributed by atoms with Crippen LogP contribution in [0.25, 0.3) is 0 Å². The van der Waals surface area contributed by atoms with Gasteiger partial charge in [-0.25, -0.2) is 14.2 Å². The van der Waals surface area contributed by atoms with Crippen LogP contribution in [-0.2, 0) is 6.54 Å². The van der Waals surface area contributed by atoms with E-state index in [2.05, 4.69) is 20.2 Å². The highest BCUT2D eigenvalue weighted by Crippen LogP contribution is 2.30. The van der Waals surface area contributed by atoms with Crippen molar-refractivity contribution in [2.75, 3.05) is 50.7 Å². The number of nitrogens with zero attached hydrogens (tertiary/aromatic N) is 4. The molecule has 4 aromatic rings. The minimum atomic E-state index is -0.648. The third-order valence-electron chi connectivity index (χ3n) is 8.06. The van der Waals surface area contributed by atoms with Gasteiger partial charge < -0.3 is 29.2 Å². The van der Waals surface area contributed by atoms with Crippen LogP contribution in [-0.4, -0.2) is 61.4 Å². The van der Waals surface area contributed by atoms with Crippen LogP contribution in [0.2, 0.25) is 0 Å². The maximum absolute atomic E-state index is 15.0. The van der Waals surface area contributed by atoms with Gasteiger partial charge in [-0.05, 0) is 93.7 Å². The highest BCUT2D eigenvalue weighted by Gasteiger charge is 2.24. The van der Waals surface area contributed by atoms with Crippen molar-refractivity contribution in [3.05, 3.63) is 89.4 Å². The molecule has 248 valence electrons. The number of piperidine rings is 1. The predicted molar refractivity (Wildman–Crippen MR) is 180 cm³/mol. The number of likely N-dealkylation sites (tertiary alicyclic amines) is 1. The summed E-state index contributed by atoms with van der Waals surface area (Å²) in [7, 11) is 3.13. The maximum Gasteiger partial charge on any atom is 0.421 e. The second-order valence-electron chi connectivity index (χ2n) is 11.5. The lowest BCUT2D eigenvalue weighted by atomic mass is 10.1. The second-order valence-corrected chi connectivity index (χ2v) is 11.5. The lowest BCUT2D eigenvalue weighted by Crippen LogP contribution is -2.34. The van der Waals surface area contributed by atoms with Crippen molar-refractivity contribution < 1.29 is 28.1 Å². The highest BCUT2D eigenvalue weighted by atomic mass is 19.1. The molecule has 10 nitrogen and oxygen atoms in total. The minimum absolute atomic E-state index is 0.0546. The summed E-state index contributed by atoms with van der Waals surface area (Å²) in [5, 5.41) is 3.04. The summed E-state index contributed by atoms with van der Waals surface area (Å²) in [6.45, 7) is 7.45. The lowest BCUT2D eigenvalue weighted by Gasteiger charge is -2.26. The molecule has 2 heterocycles. The highest BCUT2D eigenvalue weighted by molar-refractivity contribution is 5.88. The molecule has 1 N–H and O–H groups in total. The molecule has 0 unspecified atom stereocenters. The van der Waals surface area contributed by atoms with E-state index in [0.29, 0.717) is 35.1 Å². The topological polar surface area (TPSA) is 98.3 Å². The smallest absolute Gasteiger partial charge is 0.421 e. The van der Waals surface area contributed by atoms with E-state index in [1.54, 1.807) is 50.6 Å². The Kier molecular flexibility index (Phi) is 11.5. The molecule has 11 heteroatoms. The number of rotatable bonds is 13. The van der Waals surface area contributed by atoms with E-state index in [0.717, 1.165) is 37.2 Å². The second kappa shape index (κ2) is 16.1. The summed E-state index contributed by atoms with van der Waals surface area (Å²) in [5.41, 5.74) is 2.74. The molecule has 5 rings (SSSR count). The zero-order valence-electron chi connectivity index (χ0n) is 27.4. The van der Waals surface area contributed by atoms with Crippen LogP contribution in [0.3, 0.4) is 0 Å². The molecule has 0 aliphatic carbocycles. The van der Waals surface area contributed by atoms with Crippen molar-refractivity contribution >= 4 is 23.5 Å². The zero-order chi connectivity index (χ0) is 33.2. The number of carbonyl (C=O) groups excluding carboxylic acids is 1. The Hall–Kier alpha value is -4.90. The van der Waals surface area contributed by atoms with Crippen molar-refractivity contribution in [1.29, 1.82) is 0 Å². The summed E-state index contributed by atoms with van der Waals surface area (Å²) in [5.74, 6) is 1.76. The number of hydrogen-bond donors (Lipinski definition) is 1. The fraction of sp³-hybridized carbons (Fsp3) is 0.361. The fourth-order valence-electron chi connectivity index (χ4n) is 5.56. The van der Waals surface area contributed by atoms with Gasteiger partial charge >= 0.3 is 6.09 Å². The number of amides is 1. The molecule has 1 aromatic heterocycles. The Labute approximate surface area is 275 Å². The molecule has 1 amide bonds. The van der Waals surface area contributed by atoms with Gasteiger partial charge in [0.2, 0.25) is 5.95 Å². The molecule has 1 saturated heterocycles. The summed E-state index contributed by atoms with van der Waals surface area (Å²) in [6.07, 6.45) is 5.48. The number of para-hydroxylation sites is 1. The van der Waals surface area contributed by atoms with Crippen LogP contribution in [0.4, 0.5) is 26.6 Å². The molecular weight excluding hydrogens is 601 g/mol. The summed E-state index contributed by atoms with van der Waals surface area (Å²) in [4.78, 5) is 26.5. The summed E-state index contributed by atoms with van der Waals surface area (Å²) >= 11 is 0. The van der Waals surface area contributed by atoms with E-state index in [-0.39, 0.29) is 24.1 Å². The number of benzene rings is 3. The van der Waals surface area contributed by atoms with E-state index in [4.69, 9.17) is 18.9 Å². The molecule has 47 heavy (non-hydrogen) atoms. The van der Waals surface area contributed by atoms with Crippen molar-refractivity contribution in [3.63, 3.8) is 0 Å². The molecule has 0 saturated carbocycles. The minimum Gasteiger partial charge on any atom is -0.497 e. The van der Waals surface area contributed by atoms with E-state index >= 15 is 0 Å². The monoisotopic (exact) mass is 643 g/mol. The van der Waals surface area contributed by atoms with Crippen molar-refractivity contribution in [3.8, 4) is 23.0 Å². The van der Waals surface area contributed by atoms with E-state index < -0.39 is 11.9 Å². The van der Waals surface area contributed by atoms with Crippen LogP contribution in [0, 0.1) is 19.7 Å². The third-order valence-corrected chi connectivity index (χ3v) is 8.06.